The van der Waals surface area contributed by atoms with Gasteiger partial charge in [0.2, 0.25) is 5.91 Å². The topological polar surface area (TPSA) is 102 Å². The van der Waals surface area contributed by atoms with E-state index in [2.05, 4.69) is 25.8 Å². The highest BCUT2D eigenvalue weighted by Gasteiger charge is 2.28. The third-order valence-corrected chi connectivity index (χ3v) is 4.95. The number of guanidine groups is 1. The fraction of sp³-hybridized carbons (Fsp3) is 0.611. The number of aliphatic imine (C=N–C) groups is 1. The molecule has 28 heavy (non-hydrogen) atoms. The predicted molar refractivity (Wildman–Crippen MR) is 117 cm³/mol. The average molecular weight is 504 g/mol. The summed E-state index contributed by atoms with van der Waals surface area (Å²) >= 11 is 0. The molecule has 3 amide bonds. The summed E-state index contributed by atoms with van der Waals surface area (Å²) in [7, 11) is 1.70. The number of hydrogen-bond acceptors (Lipinski definition) is 5. The molecular formula is C18H29IN6O3. The van der Waals surface area contributed by atoms with Gasteiger partial charge in [0.05, 0.1) is 18.8 Å². The van der Waals surface area contributed by atoms with E-state index in [4.69, 9.17) is 4.42 Å². The molecule has 2 fully saturated rings. The summed E-state index contributed by atoms with van der Waals surface area (Å²) in [5, 5.41) is 9.00. The van der Waals surface area contributed by atoms with Crippen molar-refractivity contribution >= 4 is 41.9 Å². The third-order valence-electron chi connectivity index (χ3n) is 4.95. The van der Waals surface area contributed by atoms with Gasteiger partial charge in [-0.15, -0.1) is 24.0 Å². The first-order chi connectivity index (χ1) is 13.2. The lowest BCUT2D eigenvalue weighted by Gasteiger charge is -2.33. The van der Waals surface area contributed by atoms with E-state index in [1.54, 1.807) is 13.3 Å². The van der Waals surface area contributed by atoms with Gasteiger partial charge < -0.3 is 20.4 Å². The summed E-state index contributed by atoms with van der Waals surface area (Å²) in [6.45, 7) is 3.60. The van der Waals surface area contributed by atoms with Crippen molar-refractivity contribution in [3.63, 3.8) is 0 Å². The van der Waals surface area contributed by atoms with Crippen molar-refractivity contribution in [2.24, 2.45) is 4.99 Å². The number of hydrogen-bond donors (Lipinski definition) is 3. The van der Waals surface area contributed by atoms with E-state index in [1.807, 2.05) is 12.1 Å². The number of nitrogens with zero attached hydrogens (tertiary/aromatic N) is 3. The second kappa shape index (κ2) is 11.2. The van der Waals surface area contributed by atoms with Crippen LogP contribution in [0.5, 0.6) is 0 Å². The lowest BCUT2D eigenvalue weighted by atomic mass is 10.1. The molecule has 2 aliphatic rings. The van der Waals surface area contributed by atoms with Crippen LogP contribution in [0.15, 0.2) is 27.8 Å². The standard InChI is InChI=1S/C18H28N6O3.HI/c1-19-17(20-7-10-24-16(25)13-22-18(24)26)21-12-14(15-6-5-11-27-15)23-8-3-2-4-9-23;/h5-6,11,14H,2-4,7-10,12-13H2,1H3,(H,22,26)(H2,19,20,21);1H. The van der Waals surface area contributed by atoms with Crippen LogP contribution >= 0.6 is 24.0 Å². The molecule has 1 unspecified atom stereocenters. The van der Waals surface area contributed by atoms with E-state index in [-0.39, 0.29) is 48.5 Å². The highest BCUT2D eigenvalue weighted by Crippen LogP contribution is 2.24. The first kappa shape index (κ1) is 22.5. The molecule has 0 bridgehead atoms. The van der Waals surface area contributed by atoms with Crippen LogP contribution in [-0.4, -0.2) is 74.0 Å². The molecule has 3 N–H and O–H groups in total. The van der Waals surface area contributed by atoms with Gasteiger partial charge in [0.15, 0.2) is 5.96 Å². The summed E-state index contributed by atoms with van der Waals surface area (Å²) in [5.74, 6) is 1.38. The Bertz CT molecular complexity index is 644. The zero-order valence-corrected chi connectivity index (χ0v) is 18.5. The molecule has 2 saturated heterocycles. The molecule has 10 heteroatoms. The van der Waals surface area contributed by atoms with E-state index in [9.17, 15) is 9.59 Å². The number of carbonyl (C=O) groups is 2. The Hall–Kier alpha value is -1.82. The largest absolute Gasteiger partial charge is 0.468 e. The van der Waals surface area contributed by atoms with E-state index < -0.39 is 0 Å². The van der Waals surface area contributed by atoms with Crippen LogP contribution in [0.1, 0.15) is 31.1 Å². The summed E-state index contributed by atoms with van der Waals surface area (Å²) < 4.78 is 5.66. The molecule has 156 valence electrons. The summed E-state index contributed by atoms with van der Waals surface area (Å²) in [4.78, 5) is 31.0. The molecule has 0 saturated carbocycles. The van der Waals surface area contributed by atoms with Crippen LogP contribution < -0.4 is 16.0 Å². The van der Waals surface area contributed by atoms with Gasteiger partial charge in [-0.1, -0.05) is 6.42 Å². The van der Waals surface area contributed by atoms with Gasteiger partial charge in [0.25, 0.3) is 0 Å². The minimum Gasteiger partial charge on any atom is -0.468 e. The lowest BCUT2D eigenvalue weighted by Crippen LogP contribution is -2.46. The fourth-order valence-electron chi connectivity index (χ4n) is 3.50. The van der Waals surface area contributed by atoms with Crippen LogP contribution in [0.25, 0.3) is 0 Å². The highest BCUT2D eigenvalue weighted by molar-refractivity contribution is 14.0. The first-order valence-electron chi connectivity index (χ1n) is 9.49. The smallest absolute Gasteiger partial charge is 0.324 e. The van der Waals surface area contributed by atoms with Crippen LogP contribution in [0.2, 0.25) is 0 Å². The van der Waals surface area contributed by atoms with E-state index in [0.29, 0.717) is 25.6 Å². The van der Waals surface area contributed by atoms with Gasteiger partial charge in [-0.2, -0.15) is 0 Å². The molecule has 3 heterocycles. The molecule has 0 aliphatic carbocycles. The van der Waals surface area contributed by atoms with Crippen LogP contribution in [0, 0.1) is 0 Å². The third kappa shape index (κ3) is 5.84. The Labute approximate surface area is 182 Å². The van der Waals surface area contributed by atoms with Crippen molar-refractivity contribution in [3.8, 4) is 0 Å². The quantitative estimate of drug-likeness (QED) is 0.223. The number of halogens is 1. The molecule has 1 aromatic heterocycles. The van der Waals surface area contributed by atoms with Crippen LogP contribution in [0.4, 0.5) is 4.79 Å². The van der Waals surface area contributed by atoms with Crippen LogP contribution in [0.3, 0.4) is 0 Å². The van der Waals surface area contributed by atoms with Gasteiger partial charge in [0, 0.05) is 26.7 Å². The van der Waals surface area contributed by atoms with Crippen molar-refractivity contribution in [2.75, 3.05) is 46.3 Å². The molecular weight excluding hydrogens is 475 g/mol. The van der Waals surface area contributed by atoms with E-state index >= 15 is 0 Å². The number of amides is 3. The number of nitrogens with one attached hydrogen (secondary N) is 3. The van der Waals surface area contributed by atoms with Gasteiger partial charge in [-0.25, -0.2) is 4.79 Å². The molecule has 0 spiro atoms. The minimum atomic E-state index is -0.340. The Kier molecular flexibility index (Phi) is 9.03. The van der Waals surface area contributed by atoms with Crippen molar-refractivity contribution in [1.29, 1.82) is 0 Å². The number of furan rings is 1. The van der Waals surface area contributed by atoms with Gasteiger partial charge >= 0.3 is 6.03 Å². The molecule has 2 aliphatic heterocycles. The second-order valence-electron chi connectivity index (χ2n) is 6.71. The number of carbonyl (C=O) groups excluding carboxylic acids is 2. The maximum Gasteiger partial charge on any atom is 0.324 e. The number of imide groups is 1. The maximum atomic E-state index is 11.6. The highest BCUT2D eigenvalue weighted by atomic mass is 127. The number of rotatable bonds is 7. The first-order valence-corrected chi connectivity index (χ1v) is 9.49. The number of urea groups is 1. The Morgan fingerprint density at radius 2 is 2.07 bits per heavy atom. The predicted octanol–water partition coefficient (Wildman–Crippen LogP) is 1.14. The second-order valence-corrected chi connectivity index (χ2v) is 6.71. The van der Waals surface area contributed by atoms with Gasteiger partial charge in [-0.3, -0.25) is 19.6 Å². The summed E-state index contributed by atoms with van der Waals surface area (Å²) in [5.41, 5.74) is 0. The van der Waals surface area contributed by atoms with Crippen molar-refractivity contribution in [1.82, 2.24) is 25.8 Å². The van der Waals surface area contributed by atoms with E-state index in [1.165, 1.54) is 24.2 Å². The monoisotopic (exact) mass is 504 g/mol. The molecule has 1 atom stereocenters. The average Bonchev–Trinajstić information content (AvgIpc) is 3.33. The molecule has 1 aromatic rings. The normalized spacial score (nSPS) is 19.2. The van der Waals surface area contributed by atoms with Crippen molar-refractivity contribution in [2.45, 2.75) is 25.3 Å². The lowest BCUT2D eigenvalue weighted by molar-refractivity contribution is -0.124. The van der Waals surface area contributed by atoms with Gasteiger partial charge in [0.1, 0.15) is 5.76 Å². The van der Waals surface area contributed by atoms with E-state index in [0.717, 1.165) is 18.8 Å². The Morgan fingerprint density at radius 1 is 1.29 bits per heavy atom. The molecule has 9 nitrogen and oxygen atoms in total. The van der Waals surface area contributed by atoms with Gasteiger partial charge in [-0.05, 0) is 38.1 Å². The van der Waals surface area contributed by atoms with Crippen molar-refractivity contribution in [3.05, 3.63) is 24.2 Å². The zero-order valence-electron chi connectivity index (χ0n) is 16.1. The Morgan fingerprint density at radius 3 is 2.68 bits per heavy atom. The summed E-state index contributed by atoms with van der Waals surface area (Å²) in [6.07, 6.45) is 5.39. The Balaban J connectivity index is 0.00000280. The zero-order chi connectivity index (χ0) is 19.1. The molecule has 0 aromatic carbocycles. The number of likely N-dealkylation sites (tertiary alicyclic amines) is 1. The fourth-order valence-corrected chi connectivity index (χ4v) is 3.50. The SMILES string of the molecule is CN=C(NCCN1C(=O)CNC1=O)NCC(c1ccco1)N1CCCCC1.I. The molecule has 0 radical (unpaired) electrons. The summed E-state index contributed by atoms with van der Waals surface area (Å²) in [6, 6.07) is 3.73. The number of piperidine rings is 1. The minimum absolute atomic E-state index is 0. The van der Waals surface area contributed by atoms with Crippen molar-refractivity contribution < 1.29 is 14.0 Å². The van der Waals surface area contributed by atoms with Crippen LogP contribution in [-0.2, 0) is 4.79 Å². The maximum absolute atomic E-state index is 11.6. The molecule has 3 rings (SSSR count).